The molecule has 0 spiro atoms. The van der Waals surface area contributed by atoms with Gasteiger partial charge in [0.15, 0.2) is 0 Å². The Morgan fingerprint density at radius 2 is 1.57 bits per heavy atom. The molecule has 1 saturated carbocycles. The molecule has 2 aliphatic carbocycles. The van der Waals surface area contributed by atoms with Crippen LogP contribution in [0, 0.1) is 0 Å². The SMILES string of the molecule is NC(C1=CCCCCC1)C1(c2ccccc2)CCCCC1. The predicted molar refractivity (Wildman–Crippen MR) is 90.3 cm³/mol. The van der Waals surface area contributed by atoms with Crippen LogP contribution in [0.15, 0.2) is 42.0 Å². The normalized spacial score (nSPS) is 24.0. The molecular weight excluding hydrogens is 254 g/mol. The second-order valence-electron chi connectivity index (χ2n) is 6.94. The van der Waals surface area contributed by atoms with Crippen molar-refractivity contribution in [2.45, 2.75) is 75.7 Å². The summed E-state index contributed by atoms with van der Waals surface area (Å²) in [6.07, 6.45) is 15.5. The maximum atomic E-state index is 6.89. The van der Waals surface area contributed by atoms with Gasteiger partial charge < -0.3 is 5.73 Å². The lowest BCUT2D eigenvalue weighted by atomic mass is 9.63. The van der Waals surface area contributed by atoms with Gasteiger partial charge in [-0.3, -0.25) is 0 Å². The minimum atomic E-state index is 0.190. The first-order valence-corrected chi connectivity index (χ1v) is 8.83. The maximum absolute atomic E-state index is 6.89. The third kappa shape index (κ3) is 3.08. The summed E-state index contributed by atoms with van der Waals surface area (Å²) in [5.41, 5.74) is 10.1. The molecule has 1 unspecified atom stereocenters. The predicted octanol–water partition coefficient (Wildman–Crippen LogP) is 5.11. The van der Waals surface area contributed by atoms with Crippen molar-refractivity contribution in [1.82, 2.24) is 0 Å². The molecule has 0 radical (unpaired) electrons. The largest absolute Gasteiger partial charge is 0.323 e. The number of hydrogen-bond acceptors (Lipinski definition) is 1. The first kappa shape index (κ1) is 14.8. The van der Waals surface area contributed by atoms with Gasteiger partial charge in [0.05, 0.1) is 0 Å². The van der Waals surface area contributed by atoms with E-state index >= 15 is 0 Å². The average molecular weight is 283 g/mol. The molecule has 21 heavy (non-hydrogen) atoms. The molecule has 0 aromatic heterocycles. The molecule has 2 N–H and O–H groups in total. The van der Waals surface area contributed by atoms with Crippen LogP contribution in [0.3, 0.4) is 0 Å². The molecule has 3 rings (SSSR count). The zero-order valence-electron chi connectivity index (χ0n) is 13.2. The van der Waals surface area contributed by atoms with E-state index in [0.29, 0.717) is 0 Å². The molecule has 0 saturated heterocycles. The van der Waals surface area contributed by atoms with Crippen LogP contribution in [0.2, 0.25) is 0 Å². The second-order valence-corrected chi connectivity index (χ2v) is 6.94. The van der Waals surface area contributed by atoms with Crippen molar-refractivity contribution in [3.05, 3.63) is 47.5 Å². The van der Waals surface area contributed by atoms with Gasteiger partial charge in [-0.1, -0.05) is 67.7 Å². The third-order valence-electron chi connectivity index (χ3n) is 5.67. The fourth-order valence-corrected chi connectivity index (χ4v) is 4.41. The van der Waals surface area contributed by atoms with Crippen LogP contribution < -0.4 is 5.73 Å². The zero-order valence-corrected chi connectivity index (χ0v) is 13.2. The van der Waals surface area contributed by atoms with Crippen molar-refractivity contribution in [3.63, 3.8) is 0 Å². The molecule has 0 heterocycles. The number of nitrogens with two attached hydrogens (primary N) is 1. The van der Waals surface area contributed by atoms with Crippen molar-refractivity contribution in [2.24, 2.45) is 5.73 Å². The molecule has 1 atom stereocenters. The van der Waals surface area contributed by atoms with E-state index in [1.54, 1.807) is 5.57 Å². The number of rotatable bonds is 3. The van der Waals surface area contributed by atoms with Gasteiger partial charge in [0.2, 0.25) is 0 Å². The van der Waals surface area contributed by atoms with E-state index < -0.39 is 0 Å². The molecule has 1 heteroatoms. The van der Waals surface area contributed by atoms with Gasteiger partial charge in [0, 0.05) is 11.5 Å². The summed E-state index contributed by atoms with van der Waals surface area (Å²) in [6.45, 7) is 0. The van der Waals surface area contributed by atoms with Crippen molar-refractivity contribution >= 4 is 0 Å². The summed E-state index contributed by atoms with van der Waals surface area (Å²) >= 11 is 0. The Morgan fingerprint density at radius 3 is 2.33 bits per heavy atom. The Balaban J connectivity index is 1.93. The number of hydrogen-bond donors (Lipinski definition) is 1. The molecule has 1 aromatic rings. The van der Waals surface area contributed by atoms with E-state index in [1.165, 1.54) is 69.8 Å². The summed E-state index contributed by atoms with van der Waals surface area (Å²) in [6, 6.07) is 11.3. The highest BCUT2D eigenvalue weighted by Gasteiger charge is 2.40. The second kappa shape index (κ2) is 6.79. The van der Waals surface area contributed by atoms with Crippen molar-refractivity contribution in [3.8, 4) is 0 Å². The van der Waals surface area contributed by atoms with E-state index in [1.807, 2.05) is 0 Å². The first-order valence-electron chi connectivity index (χ1n) is 8.83. The Hall–Kier alpha value is -1.08. The summed E-state index contributed by atoms with van der Waals surface area (Å²) in [4.78, 5) is 0. The molecule has 1 aromatic carbocycles. The monoisotopic (exact) mass is 283 g/mol. The van der Waals surface area contributed by atoms with Gasteiger partial charge in [0.1, 0.15) is 0 Å². The summed E-state index contributed by atoms with van der Waals surface area (Å²) in [5.74, 6) is 0. The highest BCUT2D eigenvalue weighted by Crippen LogP contribution is 2.44. The fourth-order valence-electron chi connectivity index (χ4n) is 4.41. The molecule has 1 nitrogen and oxygen atoms in total. The Kier molecular flexibility index (Phi) is 4.80. The van der Waals surface area contributed by atoms with Crippen LogP contribution in [0.25, 0.3) is 0 Å². The van der Waals surface area contributed by atoms with Gasteiger partial charge in [0.25, 0.3) is 0 Å². The van der Waals surface area contributed by atoms with E-state index in [4.69, 9.17) is 5.73 Å². The van der Waals surface area contributed by atoms with Crippen molar-refractivity contribution in [1.29, 1.82) is 0 Å². The molecule has 1 fully saturated rings. The minimum Gasteiger partial charge on any atom is -0.323 e. The summed E-state index contributed by atoms with van der Waals surface area (Å²) in [5, 5.41) is 0. The molecule has 114 valence electrons. The zero-order chi connectivity index (χ0) is 14.5. The average Bonchev–Trinajstić information content (AvgIpc) is 2.85. The van der Waals surface area contributed by atoms with Crippen LogP contribution in [-0.4, -0.2) is 6.04 Å². The lowest BCUT2D eigenvalue weighted by Crippen LogP contribution is -2.48. The van der Waals surface area contributed by atoms with Crippen LogP contribution in [0.1, 0.15) is 69.8 Å². The lowest BCUT2D eigenvalue weighted by Gasteiger charge is -2.44. The van der Waals surface area contributed by atoms with E-state index in [0.717, 1.165) is 0 Å². The quantitative estimate of drug-likeness (QED) is 0.767. The maximum Gasteiger partial charge on any atom is 0.0352 e. The summed E-state index contributed by atoms with van der Waals surface area (Å²) < 4.78 is 0. The molecule has 0 bridgehead atoms. The van der Waals surface area contributed by atoms with E-state index in [9.17, 15) is 0 Å². The van der Waals surface area contributed by atoms with Crippen molar-refractivity contribution < 1.29 is 0 Å². The molecule has 0 amide bonds. The van der Waals surface area contributed by atoms with Crippen LogP contribution in [-0.2, 0) is 5.41 Å². The lowest BCUT2D eigenvalue weighted by molar-refractivity contribution is 0.258. The third-order valence-corrected chi connectivity index (χ3v) is 5.67. The smallest absolute Gasteiger partial charge is 0.0352 e. The van der Waals surface area contributed by atoms with Gasteiger partial charge in [-0.25, -0.2) is 0 Å². The molecular formula is C20H29N. The van der Waals surface area contributed by atoms with Crippen molar-refractivity contribution in [2.75, 3.05) is 0 Å². The Morgan fingerprint density at radius 1 is 0.857 bits per heavy atom. The van der Waals surface area contributed by atoms with E-state index in [-0.39, 0.29) is 11.5 Å². The van der Waals surface area contributed by atoms with Gasteiger partial charge >= 0.3 is 0 Å². The van der Waals surface area contributed by atoms with E-state index in [2.05, 4.69) is 36.4 Å². The number of allylic oxidation sites excluding steroid dienone is 1. The Labute approximate surface area is 129 Å². The minimum absolute atomic E-state index is 0.190. The molecule has 2 aliphatic rings. The topological polar surface area (TPSA) is 26.0 Å². The standard InChI is InChI=1S/C20H29N/c21-19(17-11-5-1-2-6-12-17)20(15-9-4-10-16-20)18-13-7-3-8-14-18/h3,7-8,11,13-14,19H,1-2,4-6,9-10,12,15-16,21H2. The van der Waals surface area contributed by atoms with Crippen LogP contribution in [0.5, 0.6) is 0 Å². The van der Waals surface area contributed by atoms with Crippen LogP contribution in [0.4, 0.5) is 0 Å². The highest BCUT2D eigenvalue weighted by atomic mass is 14.7. The number of benzene rings is 1. The fraction of sp³-hybridized carbons (Fsp3) is 0.600. The summed E-state index contributed by atoms with van der Waals surface area (Å²) in [7, 11) is 0. The Bertz CT molecular complexity index is 468. The molecule has 0 aliphatic heterocycles. The highest BCUT2D eigenvalue weighted by molar-refractivity contribution is 5.33. The van der Waals surface area contributed by atoms with Gasteiger partial charge in [-0.2, -0.15) is 0 Å². The van der Waals surface area contributed by atoms with Gasteiger partial charge in [-0.15, -0.1) is 0 Å². The van der Waals surface area contributed by atoms with Crippen LogP contribution >= 0.6 is 0 Å². The van der Waals surface area contributed by atoms with Gasteiger partial charge in [-0.05, 0) is 44.1 Å². The first-order chi connectivity index (χ1) is 10.3.